The summed E-state index contributed by atoms with van der Waals surface area (Å²) in [5, 5.41) is 3.00. The Balaban J connectivity index is 1.74. The Labute approximate surface area is 129 Å². The highest BCUT2D eigenvalue weighted by Gasteiger charge is 2.29. The maximum Gasteiger partial charge on any atom is 0.226 e. The summed E-state index contributed by atoms with van der Waals surface area (Å²) in [5.74, 6) is 4.79. The molecule has 20 heavy (non-hydrogen) atoms. The Morgan fingerprint density at radius 1 is 1.20 bits per heavy atom. The summed E-state index contributed by atoms with van der Waals surface area (Å²) in [5.41, 5.74) is 0. The van der Waals surface area contributed by atoms with Gasteiger partial charge in [0.1, 0.15) is 0 Å². The second kappa shape index (κ2) is 7.59. The van der Waals surface area contributed by atoms with Gasteiger partial charge in [0.25, 0.3) is 0 Å². The van der Waals surface area contributed by atoms with Crippen LogP contribution in [0.1, 0.15) is 19.8 Å². The fourth-order valence-corrected chi connectivity index (χ4v) is 4.94. The van der Waals surface area contributed by atoms with E-state index in [4.69, 9.17) is 0 Å². The monoisotopic (exact) mass is 316 g/mol. The van der Waals surface area contributed by atoms with Crippen molar-refractivity contribution in [3.63, 3.8) is 0 Å². The summed E-state index contributed by atoms with van der Waals surface area (Å²) in [6.07, 6.45) is 1.98. The molecule has 2 aliphatic rings. The van der Waals surface area contributed by atoms with Crippen LogP contribution in [-0.2, 0) is 9.59 Å². The lowest BCUT2D eigenvalue weighted by Gasteiger charge is -2.28. The standard InChI is InChI=1S/C14H24N2O2S2/c1-10(7-15-13(17)11-3-5-19-8-11)16(2)14(18)12-4-6-20-9-12/h10-12H,3-9H2,1-2H3,(H,15,17)/t10-,11-,12-/m1/s1. The first-order valence-electron chi connectivity index (χ1n) is 7.29. The summed E-state index contributed by atoms with van der Waals surface area (Å²) in [6.45, 7) is 2.56. The summed E-state index contributed by atoms with van der Waals surface area (Å²) in [7, 11) is 1.85. The third kappa shape index (κ3) is 4.07. The van der Waals surface area contributed by atoms with E-state index in [1.807, 2.05) is 37.5 Å². The maximum atomic E-state index is 12.3. The van der Waals surface area contributed by atoms with Gasteiger partial charge in [-0.1, -0.05) is 0 Å². The van der Waals surface area contributed by atoms with Gasteiger partial charge in [-0.3, -0.25) is 9.59 Å². The number of thioether (sulfide) groups is 2. The van der Waals surface area contributed by atoms with Gasteiger partial charge in [0.2, 0.25) is 11.8 Å². The van der Waals surface area contributed by atoms with E-state index in [0.29, 0.717) is 6.54 Å². The summed E-state index contributed by atoms with van der Waals surface area (Å²) >= 11 is 3.70. The van der Waals surface area contributed by atoms with E-state index in [1.54, 1.807) is 4.90 Å². The molecule has 2 heterocycles. The zero-order valence-corrected chi connectivity index (χ0v) is 13.9. The highest BCUT2D eigenvalue weighted by Crippen LogP contribution is 2.25. The normalized spacial score (nSPS) is 27.3. The molecule has 3 atom stereocenters. The van der Waals surface area contributed by atoms with Gasteiger partial charge in [0.15, 0.2) is 0 Å². The van der Waals surface area contributed by atoms with Crippen LogP contribution in [0.2, 0.25) is 0 Å². The molecule has 0 aromatic heterocycles. The highest BCUT2D eigenvalue weighted by atomic mass is 32.2. The van der Waals surface area contributed by atoms with E-state index < -0.39 is 0 Å². The second-order valence-corrected chi connectivity index (χ2v) is 7.96. The van der Waals surface area contributed by atoms with E-state index >= 15 is 0 Å². The van der Waals surface area contributed by atoms with Crippen LogP contribution in [0.3, 0.4) is 0 Å². The Morgan fingerprint density at radius 2 is 1.80 bits per heavy atom. The van der Waals surface area contributed by atoms with Gasteiger partial charge in [0, 0.05) is 43.0 Å². The van der Waals surface area contributed by atoms with Crippen molar-refractivity contribution in [3.05, 3.63) is 0 Å². The van der Waals surface area contributed by atoms with Crippen molar-refractivity contribution >= 4 is 35.3 Å². The highest BCUT2D eigenvalue weighted by molar-refractivity contribution is 7.99. The van der Waals surface area contributed by atoms with Gasteiger partial charge in [-0.15, -0.1) is 0 Å². The lowest BCUT2D eigenvalue weighted by molar-refractivity contribution is -0.135. The molecule has 0 saturated carbocycles. The molecule has 1 N–H and O–H groups in total. The summed E-state index contributed by atoms with van der Waals surface area (Å²) < 4.78 is 0. The molecule has 2 aliphatic heterocycles. The zero-order chi connectivity index (χ0) is 14.5. The number of hydrogen-bond donors (Lipinski definition) is 1. The molecule has 6 heteroatoms. The number of likely N-dealkylation sites (N-methyl/N-ethyl adjacent to an activating group) is 1. The molecule has 2 fully saturated rings. The zero-order valence-electron chi connectivity index (χ0n) is 12.3. The smallest absolute Gasteiger partial charge is 0.226 e. The minimum Gasteiger partial charge on any atom is -0.354 e. The average molecular weight is 316 g/mol. The Bertz CT molecular complexity index is 353. The van der Waals surface area contributed by atoms with Crippen molar-refractivity contribution in [2.75, 3.05) is 36.6 Å². The van der Waals surface area contributed by atoms with E-state index in [9.17, 15) is 9.59 Å². The number of nitrogens with zero attached hydrogens (tertiary/aromatic N) is 1. The van der Waals surface area contributed by atoms with Crippen molar-refractivity contribution in [2.24, 2.45) is 11.8 Å². The van der Waals surface area contributed by atoms with Crippen LogP contribution in [0, 0.1) is 11.8 Å². The topological polar surface area (TPSA) is 49.4 Å². The van der Waals surface area contributed by atoms with Crippen molar-refractivity contribution in [3.8, 4) is 0 Å². The molecule has 0 spiro atoms. The third-order valence-corrected chi connectivity index (χ3v) is 6.48. The van der Waals surface area contributed by atoms with E-state index in [2.05, 4.69) is 5.32 Å². The fourth-order valence-electron chi connectivity index (χ4n) is 2.51. The van der Waals surface area contributed by atoms with Crippen LogP contribution in [-0.4, -0.2) is 59.4 Å². The number of nitrogens with one attached hydrogen (secondary N) is 1. The molecule has 0 bridgehead atoms. The van der Waals surface area contributed by atoms with Crippen LogP contribution in [0.25, 0.3) is 0 Å². The predicted octanol–water partition coefficient (Wildman–Crippen LogP) is 1.46. The Morgan fingerprint density at radius 3 is 2.35 bits per heavy atom. The lowest BCUT2D eigenvalue weighted by atomic mass is 10.1. The van der Waals surface area contributed by atoms with Crippen LogP contribution in [0.4, 0.5) is 0 Å². The number of rotatable bonds is 5. The molecule has 0 aromatic rings. The molecule has 0 aliphatic carbocycles. The minimum atomic E-state index is 0.0612. The van der Waals surface area contributed by atoms with Crippen LogP contribution >= 0.6 is 23.5 Å². The minimum absolute atomic E-state index is 0.0612. The fraction of sp³-hybridized carbons (Fsp3) is 0.857. The molecule has 2 saturated heterocycles. The molecule has 0 aromatic carbocycles. The first kappa shape index (κ1) is 16.0. The van der Waals surface area contributed by atoms with Crippen LogP contribution in [0.5, 0.6) is 0 Å². The van der Waals surface area contributed by atoms with Gasteiger partial charge in [-0.25, -0.2) is 0 Å². The lowest BCUT2D eigenvalue weighted by Crippen LogP contribution is -2.46. The van der Waals surface area contributed by atoms with Gasteiger partial charge in [-0.2, -0.15) is 23.5 Å². The number of carbonyl (C=O) groups excluding carboxylic acids is 2. The predicted molar refractivity (Wildman–Crippen MR) is 86.1 cm³/mol. The van der Waals surface area contributed by atoms with Crippen LogP contribution in [0.15, 0.2) is 0 Å². The average Bonchev–Trinajstić information content (AvgIpc) is 3.14. The van der Waals surface area contributed by atoms with E-state index in [-0.39, 0.29) is 29.7 Å². The van der Waals surface area contributed by atoms with Gasteiger partial charge in [-0.05, 0) is 31.3 Å². The molecular formula is C14H24N2O2S2. The first-order chi connectivity index (χ1) is 9.59. The quantitative estimate of drug-likeness (QED) is 0.834. The molecule has 4 nitrogen and oxygen atoms in total. The Hall–Kier alpha value is -0.360. The third-order valence-electron chi connectivity index (χ3n) is 4.16. The molecular weight excluding hydrogens is 292 g/mol. The molecule has 2 amide bonds. The van der Waals surface area contributed by atoms with Gasteiger partial charge >= 0.3 is 0 Å². The summed E-state index contributed by atoms with van der Waals surface area (Å²) in [4.78, 5) is 26.1. The molecule has 2 rings (SSSR count). The number of hydrogen-bond acceptors (Lipinski definition) is 4. The van der Waals surface area contributed by atoms with Crippen molar-refractivity contribution in [2.45, 2.75) is 25.8 Å². The van der Waals surface area contributed by atoms with Crippen molar-refractivity contribution in [1.82, 2.24) is 10.2 Å². The van der Waals surface area contributed by atoms with E-state index in [0.717, 1.165) is 35.9 Å². The Kier molecular flexibility index (Phi) is 6.08. The van der Waals surface area contributed by atoms with Crippen molar-refractivity contribution < 1.29 is 9.59 Å². The van der Waals surface area contributed by atoms with E-state index in [1.165, 1.54) is 0 Å². The molecule has 0 radical (unpaired) electrons. The van der Waals surface area contributed by atoms with Gasteiger partial charge in [0.05, 0.1) is 0 Å². The SMILES string of the molecule is C[C@H](CNC(=O)[C@@H]1CCSC1)N(C)C(=O)[C@@H]1CCSC1. The first-order valence-corrected chi connectivity index (χ1v) is 9.60. The van der Waals surface area contributed by atoms with Crippen LogP contribution < -0.4 is 5.32 Å². The number of carbonyl (C=O) groups is 2. The second-order valence-electron chi connectivity index (χ2n) is 5.66. The number of amides is 2. The molecule has 0 unspecified atom stereocenters. The summed E-state index contributed by atoms with van der Waals surface area (Å²) in [6, 6.07) is 0.0612. The largest absolute Gasteiger partial charge is 0.354 e. The molecule has 114 valence electrons. The van der Waals surface area contributed by atoms with Crippen molar-refractivity contribution in [1.29, 1.82) is 0 Å². The maximum absolute atomic E-state index is 12.3. The van der Waals surface area contributed by atoms with Gasteiger partial charge < -0.3 is 10.2 Å².